The summed E-state index contributed by atoms with van der Waals surface area (Å²) >= 11 is 0. The Kier molecular flexibility index (Phi) is 6.48. The molecule has 8 heteroatoms. The Morgan fingerprint density at radius 3 is 2.03 bits per heavy atom. The number of sulfonamides is 1. The predicted molar refractivity (Wildman–Crippen MR) is 136 cm³/mol. The second kappa shape index (κ2) is 9.85. The lowest BCUT2D eigenvalue weighted by molar-refractivity contribution is 0.383. The van der Waals surface area contributed by atoms with Gasteiger partial charge in [0.1, 0.15) is 11.5 Å². The highest BCUT2D eigenvalue weighted by Crippen LogP contribution is 2.26. The highest BCUT2D eigenvalue weighted by molar-refractivity contribution is 7.89. The predicted octanol–water partition coefficient (Wildman–Crippen LogP) is 4.76. The number of rotatable bonds is 6. The van der Waals surface area contributed by atoms with Crippen LogP contribution < -0.4 is 9.64 Å². The van der Waals surface area contributed by atoms with Crippen LogP contribution in [0.4, 0.5) is 5.82 Å². The number of para-hydroxylation sites is 1. The number of aryl methyl sites for hydroxylation is 1. The number of aromatic nitrogens is 2. The smallest absolute Gasteiger partial charge is 0.243 e. The molecular weight excluding hydrogens is 460 g/mol. The van der Waals surface area contributed by atoms with Crippen molar-refractivity contribution in [1.29, 1.82) is 0 Å². The third-order valence-electron chi connectivity index (χ3n) is 6.07. The molecule has 0 aliphatic carbocycles. The lowest BCUT2D eigenvalue weighted by Crippen LogP contribution is -2.48. The monoisotopic (exact) mass is 486 g/mol. The molecule has 0 atom stereocenters. The van der Waals surface area contributed by atoms with Crippen molar-refractivity contribution in [2.24, 2.45) is 0 Å². The second-order valence-electron chi connectivity index (χ2n) is 8.37. The molecule has 1 aliphatic rings. The van der Waals surface area contributed by atoms with Gasteiger partial charge >= 0.3 is 0 Å². The topological polar surface area (TPSA) is 75.6 Å². The van der Waals surface area contributed by atoms with Gasteiger partial charge in [0, 0.05) is 31.7 Å². The zero-order valence-corrected chi connectivity index (χ0v) is 20.2. The van der Waals surface area contributed by atoms with Crippen molar-refractivity contribution >= 4 is 15.8 Å². The summed E-state index contributed by atoms with van der Waals surface area (Å²) in [6.07, 6.45) is 0. The van der Waals surface area contributed by atoms with Gasteiger partial charge in [0.15, 0.2) is 5.82 Å². The first kappa shape index (κ1) is 23.0. The van der Waals surface area contributed by atoms with Crippen molar-refractivity contribution in [3.8, 4) is 22.8 Å². The Hall–Kier alpha value is -3.75. The summed E-state index contributed by atoms with van der Waals surface area (Å²) in [5.41, 5.74) is 3.03. The minimum Gasteiger partial charge on any atom is -0.457 e. The number of ether oxygens (including phenoxy) is 1. The van der Waals surface area contributed by atoms with Gasteiger partial charge in [-0.15, -0.1) is 10.2 Å². The van der Waals surface area contributed by atoms with Crippen LogP contribution in [0.3, 0.4) is 0 Å². The third kappa shape index (κ3) is 5.03. The molecule has 0 saturated carbocycles. The van der Waals surface area contributed by atoms with Gasteiger partial charge in [0.05, 0.1) is 10.6 Å². The second-order valence-corrected chi connectivity index (χ2v) is 10.3. The van der Waals surface area contributed by atoms with Crippen LogP contribution in [-0.2, 0) is 10.0 Å². The van der Waals surface area contributed by atoms with Gasteiger partial charge in [-0.2, -0.15) is 4.31 Å². The number of benzene rings is 3. The zero-order chi connectivity index (χ0) is 24.3. The third-order valence-corrected chi connectivity index (χ3v) is 7.99. The average molecular weight is 487 g/mol. The molecular formula is C27H26N4O3S. The van der Waals surface area contributed by atoms with Gasteiger partial charge in [0.25, 0.3) is 0 Å². The van der Waals surface area contributed by atoms with E-state index < -0.39 is 10.0 Å². The van der Waals surface area contributed by atoms with E-state index in [4.69, 9.17) is 4.74 Å². The summed E-state index contributed by atoms with van der Waals surface area (Å²) in [5.74, 6) is 2.05. The van der Waals surface area contributed by atoms with Gasteiger partial charge in [-0.25, -0.2) is 8.42 Å². The number of nitrogens with zero attached hydrogens (tertiary/aromatic N) is 4. The van der Waals surface area contributed by atoms with Crippen LogP contribution >= 0.6 is 0 Å². The first-order valence-corrected chi connectivity index (χ1v) is 12.9. The van der Waals surface area contributed by atoms with Gasteiger partial charge in [-0.05, 0) is 61.0 Å². The molecule has 4 aromatic rings. The standard InChI is InChI=1S/C27H26N4O3S/c1-21-7-5-6-10-25(21)26-15-16-27(29-28-26)30-17-19-31(20-18-30)35(32,33)24-13-11-23(12-14-24)34-22-8-3-2-4-9-22/h2-16H,17-20H2,1H3. The van der Waals surface area contributed by atoms with Crippen LogP contribution in [0.25, 0.3) is 11.3 Å². The summed E-state index contributed by atoms with van der Waals surface area (Å²) in [6.45, 7) is 3.91. The van der Waals surface area contributed by atoms with E-state index in [9.17, 15) is 8.42 Å². The van der Waals surface area contributed by atoms with E-state index in [1.54, 1.807) is 24.3 Å². The average Bonchev–Trinajstić information content (AvgIpc) is 2.90. The molecule has 1 fully saturated rings. The molecule has 7 nitrogen and oxygen atoms in total. The fraction of sp³-hybridized carbons (Fsp3) is 0.185. The van der Waals surface area contributed by atoms with E-state index in [1.807, 2.05) is 60.7 Å². The highest BCUT2D eigenvalue weighted by atomic mass is 32.2. The van der Waals surface area contributed by atoms with Crippen LogP contribution in [0.1, 0.15) is 5.56 Å². The van der Waals surface area contributed by atoms with E-state index in [0.717, 1.165) is 22.6 Å². The SMILES string of the molecule is Cc1ccccc1-c1ccc(N2CCN(S(=O)(=O)c3ccc(Oc4ccccc4)cc3)CC2)nn1. The summed E-state index contributed by atoms with van der Waals surface area (Å²) in [4.78, 5) is 2.33. The molecule has 1 aliphatic heterocycles. The summed E-state index contributed by atoms with van der Waals surface area (Å²) in [7, 11) is -3.59. The van der Waals surface area contributed by atoms with Gasteiger partial charge in [-0.1, -0.05) is 42.5 Å². The van der Waals surface area contributed by atoms with E-state index in [2.05, 4.69) is 28.1 Å². The minimum atomic E-state index is -3.59. The molecule has 1 aromatic heterocycles. The molecule has 0 unspecified atom stereocenters. The Bertz CT molecular complexity index is 1380. The fourth-order valence-electron chi connectivity index (χ4n) is 4.11. The number of piperazine rings is 1. The molecule has 1 saturated heterocycles. The largest absolute Gasteiger partial charge is 0.457 e. The van der Waals surface area contributed by atoms with E-state index in [1.165, 1.54) is 4.31 Å². The zero-order valence-electron chi connectivity index (χ0n) is 19.4. The Labute approximate surface area is 205 Å². The Morgan fingerprint density at radius 2 is 1.37 bits per heavy atom. The van der Waals surface area contributed by atoms with E-state index in [0.29, 0.717) is 37.7 Å². The number of hydrogen-bond acceptors (Lipinski definition) is 6. The van der Waals surface area contributed by atoms with E-state index >= 15 is 0 Å². The molecule has 35 heavy (non-hydrogen) atoms. The molecule has 2 heterocycles. The quantitative estimate of drug-likeness (QED) is 0.391. The van der Waals surface area contributed by atoms with E-state index in [-0.39, 0.29) is 4.90 Å². The van der Waals surface area contributed by atoms with Crippen molar-refractivity contribution < 1.29 is 13.2 Å². The molecule has 0 bridgehead atoms. The lowest BCUT2D eigenvalue weighted by atomic mass is 10.1. The van der Waals surface area contributed by atoms with Crippen LogP contribution in [0.15, 0.2) is 95.9 Å². The molecule has 0 radical (unpaired) electrons. The van der Waals surface area contributed by atoms with Crippen molar-refractivity contribution in [1.82, 2.24) is 14.5 Å². The molecule has 178 valence electrons. The van der Waals surface area contributed by atoms with Crippen molar-refractivity contribution in [3.63, 3.8) is 0 Å². The summed E-state index contributed by atoms with van der Waals surface area (Å²) in [5, 5.41) is 8.81. The van der Waals surface area contributed by atoms with Crippen LogP contribution in [0.2, 0.25) is 0 Å². The van der Waals surface area contributed by atoms with Crippen molar-refractivity contribution in [2.75, 3.05) is 31.1 Å². The fourth-order valence-corrected chi connectivity index (χ4v) is 5.53. The molecule has 0 amide bonds. The first-order chi connectivity index (χ1) is 17.0. The van der Waals surface area contributed by atoms with Crippen LogP contribution in [0, 0.1) is 6.92 Å². The molecule has 5 rings (SSSR count). The maximum Gasteiger partial charge on any atom is 0.243 e. The highest BCUT2D eigenvalue weighted by Gasteiger charge is 2.29. The first-order valence-electron chi connectivity index (χ1n) is 11.5. The van der Waals surface area contributed by atoms with Crippen LogP contribution in [0.5, 0.6) is 11.5 Å². The Balaban J connectivity index is 1.22. The van der Waals surface area contributed by atoms with Crippen molar-refractivity contribution in [2.45, 2.75) is 11.8 Å². The van der Waals surface area contributed by atoms with Gasteiger partial charge < -0.3 is 9.64 Å². The van der Waals surface area contributed by atoms with Gasteiger partial charge in [0.2, 0.25) is 10.0 Å². The summed E-state index contributed by atoms with van der Waals surface area (Å²) in [6, 6.07) is 27.9. The number of anilines is 1. The van der Waals surface area contributed by atoms with Gasteiger partial charge in [-0.3, -0.25) is 0 Å². The van der Waals surface area contributed by atoms with Crippen LogP contribution in [-0.4, -0.2) is 49.1 Å². The molecule has 0 spiro atoms. The minimum absolute atomic E-state index is 0.258. The normalized spacial score (nSPS) is 14.6. The summed E-state index contributed by atoms with van der Waals surface area (Å²) < 4.78 is 33.6. The maximum atomic E-state index is 13.2. The maximum absolute atomic E-state index is 13.2. The van der Waals surface area contributed by atoms with Crippen molar-refractivity contribution in [3.05, 3.63) is 96.6 Å². The Morgan fingerprint density at radius 1 is 0.714 bits per heavy atom. The molecule has 0 N–H and O–H groups in total. The number of hydrogen-bond donors (Lipinski definition) is 0. The lowest BCUT2D eigenvalue weighted by Gasteiger charge is -2.34. The molecule has 3 aromatic carbocycles.